The Morgan fingerprint density at radius 3 is 2.52 bits per heavy atom. The van der Waals surface area contributed by atoms with Crippen LogP contribution in [0.3, 0.4) is 0 Å². The van der Waals surface area contributed by atoms with Crippen molar-refractivity contribution in [1.82, 2.24) is 9.80 Å². The van der Waals surface area contributed by atoms with Gasteiger partial charge in [0, 0.05) is 19.1 Å². The molecule has 0 aliphatic carbocycles. The van der Waals surface area contributed by atoms with Gasteiger partial charge in [0.25, 0.3) is 0 Å². The predicted octanol–water partition coefficient (Wildman–Crippen LogP) is 2.71. The third kappa shape index (κ3) is 3.85. The van der Waals surface area contributed by atoms with Crippen LogP contribution in [-0.2, 0) is 11.2 Å². The van der Waals surface area contributed by atoms with Crippen LogP contribution in [0.2, 0.25) is 0 Å². The molecule has 21 heavy (non-hydrogen) atoms. The second-order valence-electron chi connectivity index (χ2n) is 6.40. The summed E-state index contributed by atoms with van der Waals surface area (Å²) in [6, 6.07) is 11.2. The minimum Gasteiger partial charge on any atom is -0.342 e. The highest BCUT2D eigenvalue weighted by Gasteiger charge is 2.28. The molecule has 0 radical (unpaired) electrons. The molecular weight excluding hydrogens is 260 g/mol. The van der Waals surface area contributed by atoms with Gasteiger partial charge in [-0.25, -0.2) is 0 Å². The first-order chi connectivity index (χ1) is 10.3. The van der Waals surface area contributed by atoms with Gasteiger partial charge in [-0.3, -0.25) is 9.69 Å². The molecule has 0 N–H and O–H groups in total. The number of nitrogens with zero attached hydrogens (tertiary/aromatic N) is 2. The maximum atomic E-state index is 12.4. The largest absolute Gasteiger partial charge is 0.342 e. The zero-order chi connectivity index (χ0) is 14.5. The Bertz CT molecular complexity index is 454. The van der Waals surface area contributed by atoms with Crippen LogP contribution in [0.25, 0.3) is 0 Å². The molecule has 3 rings (SSSR count). The molecule has 114 valence electrons. The van der Waals surface area contributed by atoms with Gasteiger partial charge in [-0.05, 0) is 50.6 Å². The van der Waals surface area contributed by atoms with Crippen LogP contribution >= 0.6 is 0 Å². The minimum absolute atomic E-state index is 0.342. The summed E-state index contributed by atoms with van der Waals surface area (Å²) >= 11 is 0. The van der Waals surface area contributed by atoms with Crippen molar-refractivity contribution in [2.24, 2.45) is 0 Å². The van der Waals surface area contributed by atoms with Gasteiger partial charge in [-0.2, -0.15) is 0 Å². The summed E-state index contributed by atoms with van der Waals surface area (Å²) in [5.41, 5.74) is 1.39. The summed E-state index contributed by atoms with van der Waals surface area (Å²) in [4.78, 5) is 16.9. The fraction of sp³-hybridized carbons (Fsp3) is 0.611. The zero-order valence-electron chi connectivity index (χ0n) is 12.8. The van der Waals surface area contributed by atoms with Crippen LogP contribution in [0.4, 0.5) is 0 Å². The second-order valence-corrected chi connectivity index (χ2v) is 6.40. The molecule has 0 saturated carbocycles. The van der Waals surface area contributed by atoms with Gasteiger partial charge < -0.3 is 4.90 Å². The number of piperidine rings is 1. The lowest BCUT2D eigenvalue weighted by atomic mass is 10.0. The van der Waals surface area contributed by atoms with Gasteiger partial charge in [0.05, 0.1) is 6.54 Å². The SMILES string of the molecule is O=C(CN1CCCC1Cc1ccccc1)N1CCCCC1. The van der Waals surface area contributed by atoms with Crippen LogP contribution in [0.5, 0.6) is 0 Å². The summed E-state index contributed by atoms with van der Waals surface area (Å²) in [5, 5.41) is 0. The second kappa shape index (κ2) is 7.08. The third-order valence-electron chi connectivity index (χ3n) is 4.86. The maximum Gasteiger partial charge on any atom is 0.236 e. The third-order valence-corrected chi connectivity index (χ3v) is 4.86. The van der Waals surface area contributed by atoms with Crippen molar-refractivity contribution in [1.29, 1.82) is 0 Å². The van der Waals surface area contributed by atoms with Crippen molar-refractivity contribution < 1.29 is 4.79 Å². The van der Waals surface area contributed by atoms with Gasteiger partial charge in [0.1, 0.15) is 0 Å². The maximum absolute atomic E-state index is 12.4. The van der Waals surface area contributed by atoms with Crippen molar-refractivity contribution in [3.05, 3.63) is 35.9 Å². The average Bonchev–Trinajstić information content (AvgIpc) is 2.96. The van der Waals surface area contributed by atoms with Gasteiger partial charge in [0.15, 0.2) is 0 Å². The lowest BCUT2D eigenvalue weighted by molar-refractivity contribution is -0.133. The van der Waals surface area contributed by atoms with E-state index in [0.29, 0.717) is 18.5 Å². The van der Waals surface area contributed by atoms with E-state index in [-0.39, 0.29) is 0 Å². The van der Waals surface area contributed by atoms with Crippen molar-refractivity contribution >= 4 is 5.91 Å². The van der Waals surface area contributed by atoms with E-state index in [2.05, 4.69) is 40.1 Å². The molecule has 1 amide bonds. The highest BCUT2D eigenvalue weighted by molar-refractivity contribution is 5.78. The smallest absolute Gasteiger partial charge is 0.236 e. The molecule has 1 aromatic rings. The van der Waals surface area contributed by atoms with Crippen molar-refractivity contribution in [3.63, 3.8) is 0 Å². The monoisotopic (exact) mass is 286 g/mol. The van der Waals surface area contributed by atoms with Gasteiger partial charge >= 0.3 is 0 Å². The molecule has 2 aliphatic rings. The summed E-state index contributed by atoms with van der Waals surface area (Å²) in [5.74, 6) is 0.342. The van der Waals surface area contributed by atoms with E-state index in [4.69, 9.17) is 0 Å². The standard InChI is InChI=1S/C18H26N2O/c21-18(19-11-5-2-6-12-19)15-20-13-7-10-17(20)14-16-8-3-1-4-9-16/h1,3-4,8-9,17H,2,5-7,10-15H2. The molecule has 0 bridgehead atoms. The first-order valence-electron chi connectivity index (χ1n) is 8.39. The number of hydrogen-bond donors (Lipinski definition) is 0. The highest BCUT2D eigenvalue weighted by Crippen LogP contribution is 2.21. The summed E-state index contributed by atoms with van der Waals surface area (Å²) in [6.07, 6.45) is 7.17. The van der Waals surface area contributed by atoms with Gasteiger partial charge in [0.2, 0.25) is 5.91 Å². The van der Waals surface area contributed by atoms with Crippen molar-refractivity contribution in [3.8, 4) is 0 Å². The first-order valence-corrected chi connectivity index (χ1v) is 8.39. The van der Waals surface area contributed by atoms with Crippen LogP contribution in [-0.4, -0.2) is 47.9 Å². The average molecular weight is 286 g/mol. The fourth-order valence-corrected chi connectivity index (χ4v) is 3.64. The molecule has 2 aliphatic heterocycles. The van der Waals surface area contributed by atoms with Gasteiger partial charge in [-0.15, -0.1) is 0 Å². The first kappa shape index (κ1) is 14.6. The number of likely N-dealkylation sites (tertiary alicyclic amines) is 2. The molecule has 0 aromatic heterocycles. The molecular formula is C18H26N2O. The Kier molecular flexibility index (Phi) is 4.91. The van der Waals surface area contributed by atoms with Crippen LogP contribution < -0.4 is 0 Å². The van der Waals surface area contributed by atoms with E-state index in [1.54, 1.807) is 0 Å². The Labute approximate surface area is 127 Å². The van der Waals surface area contributed by atoms with Crippen LogP contribution in [0, 0.1) is 0 Å². The quantitative estimate of drug-likeness (QED) is 0.849. The lowest BCUT2D eigenvalue weighted by Crippen LogP contribution is -2.44. The number of amides is 1. The highest BCUT2D eigenvalue weighted by atomic mass is 16.2. The number of carbonyl (C=O) groups excluding carboxylic acids is 1. The molecule has 1 unspecified atom stereocenters. The molecule has 1 aromatic carbocycles. The van der Waals surface area contributed by atoms with E-state index < -0.39 is 0 Å². The molecule has 0 spiro atoms. The van der Waals surface area contributed by atoms with E-state index in [1.807, 2.05) is 0 Å². The molecule has 1 atom stereocenters. The van der Waals surface area contributed by atoms with E-state index >= 15 is 0 Å². The number of hydrogen-bond acceptors (Lipinski definition) is 2. The Hall–Kier alpha value is -1.35. The summed E-state index contributed by atoms with van der Waals surface area (Å²) in [6.45, 7) is 3.64. The molecule has 2 fully saturated rings. The Balaban J connectivity index is 1.55. The van der Waals surface area contributed by atoms with Crippen molar-refractivity contribution in [2.45, 2.75) is 44.6 Å². The number of rotatable bonds is 4. The zero-order valence-corrected chi connectivity index (χ0v) is 12.8. The molecule has 3 nitrogen and oxygen atoms in total. The van der Waals surface area contributed by atoms with E-state index in [9.17, 15) is 4.79 Å². The normalized spacial score (nSPS) is 23.4. The van der Waals surface area contributed by atoms with E-state index in [1.165, 1.54) is 37.7 Å². The number of benzene rings is 1. The summed E-state index contributed by atoms with van der Waals surface area (Å²) < 4.78 is 0. The van der Waals surface area contributed by atoms with Crippen LogP contribution in [0.1, 0.15) is 37.7 Å². The minimum atomic E-state index is 0.342. The molecule has 2 heterocycles. The predicted molar refractivity (Wildman–Crippen MR) is 85.2 cm³/mol. The molecule has 3 heteroatoms. The number of carbonyl (C=O) groups is 1. The lowest BCUT2D eigenvalue weighted by Gasteiger charge is -2.30. The topological polar surface area (TPSA) is 23.6 Å². The van der Waals surface area contributed by atoms with Crippen LogP contribution in [0.15, 0.2) is 30.3 Å². The van der Waals surface area contributed by atoms with Gasteiger partial charge in [-0.1, -0.05) is 30.3 Å². The Morgan fingerprint density at radius 1 is 1.00 bits per heavy atom. The summed E-state index contributed by atoms with van der Waals surface area (Å²) in [7, 11) is 0. The molecule has 2 saturated heterocycles. The van der Waals surface area contributed by atoms with Crippen molar-refractivity contribution in [2.75, 3.05) is 26.2 Å². The fourth-order valence-electron chi connectivity index (χ4n) is 3.64. The van der Waals surface area contributed by atoms with E-state index in [0.717, 1.165) is 26.1 Å². The Morgan fingerprint density at radius 2 is 1.76 bits per heavy atom.